The molecule has 0 unspecified atom stereocenters. The van der Waals surface area contributed by atoms with E-state index in [1.807, 2.05) is 0 Å². The van der Waals surface area contributed by atoms with Gasteiger partial charge in [-0.05, 0) is 31.8 Å². The van der Waals surface area contributed by atoms with Crippen molar-refractivity contribution in [3.63, 3.8) is 0 Å². The first-order valence-electron chi connectivity index (χ1n) is 5.32. The number of hydrogen-bond donors (Lipinski definition) is 1. The maximum atomic E-state index is 12.0. The van der Waals surface area contributed by atoms with Crippen LogP contribution in [-0.2, 0) is 4.79 Å². The molecule has 0 atom stereocenters. The number of carbonyl (C=O) groups excluding carboxylic acids is 1. The summed E-state index contributed by atoms with van der Waals surface area (Å²) in [6.07, 6.45) is -0.0973. The van der Waals surface area contributed by atoms with Crippen LogP contribution in [0.4, 0.5) is 8.78 Å². The Bertz CT molecular complexity index is 211. The Morgan fingerprint density at radius 3 is 2.50 bits per heavy atom. The number of nitrogens with one attached hydrogen (secondary N) is 1. The largest absolute Gasteiger partial charge is 0.340 e. The molecule has 0 radical (unpaired) electrons. The fraction of sp³-hybridized carbons (Fsp3) is 0.900. The van der Waals surface area contributed by atoms with Crippen LogP contribution in [0, 0.1) is 5.92 Å². The first-order chi connectivity index (χ1) is 7.09. The normalized spacial score (nSPS) is 17.0. The first kappa shape index (κ1) is 15.6. The van der Waals surface area contributed by atoms with Gasteiger partial charge in [-0.2, -0.15) is 0 Å². The molecular formula is C10H19ClF2N2O. The molecule has 1 fully saturated rings. The Balaban J connectivity index is 0.00000225. The van der Waals surface area contributed by atoms with E-state index in [1.165, 1.54) is 7.05 Å². The number of rotatable bonds is 4. The summed E-state index contributed by atoms with van der Waals surface area (Å²) in [5, 5.41) is 3.20. The van der Waals surface area contributed by atoms with Crippen LogP contribution in [0.25, 0.3) is 0 Å². The molecule has 1 rings (SSSR count). The van der Waals surface area contributed by atoms with E-state index in [-0.39, 0.29) is 18.3 Å². The van der Waals surface area contributed by atoms with Crippen LogP contribution in [0.3, 0.4) is 0 Å². The average Bonchev–Trinajstić information content (AvgIpc) is 2.18. The summed E-state index contributed by atoms with van der Waals surface area (Å²) in [5.41, 5.74) is 0. The first-order valence-corrected chi connectivity index (χ1v) is 5.32. The summed E-state index contributed by atoms with van der Waals surface area (Å²) in [6.45, 7) is 1.40. The van der Waals surface area contributed by atoms with Gasteiger partial charge in [-0.15, -0.1) is 12.4 Å². The minimum atomic E-state index is -2.44. The van der Waals surface area contributed by atoms with Crippen molar-refractivity contribution in [3.05, 3.63) is 0 Å². The quantitative estimate of drug-likeness (QED) is 0.827. The smallest absolute Gasteiger partial charge is 0.255 e. The molecule has 96 valence electrons. The lowest BCUT2D eigenvalue weighted by molar-refractivity contribution is -0.132. The van der Waals surface area contributed by atoms with Gasteiger partial charge in [-0.1, -0.05) is 0 Å². The predicted molar refractivity (Wildman–Crippen MR) is 61.1 cm³/mol. The van der Waals surface area contributed by atoms with E-state index in [0.717, 1.165) is 30.8 Å². The number of halogens is 3. The van der Waals surface area contributed by atoms with Gasteiger partial charge in [0.2, 0.25) is 5.91 Å². The third kappa shape index (κ3) is 5.61. The van der Waals surface area contributed by atoms with Crippen molar-refractivity contribution in [2.45, 2.75) is 25.7 Å². The van der Waals surface area contributed by atoms with Crippen molar-refractivity contribution in [1.82, 2.24) is 10.2 Å². The zero-order valence-corrected chi connectivity index (χ0v) is 10.2. The zero-order chi connectivity index (χ0) is 11.3. The Labute approximate surface area is 101 Å². The molecule has 1 saturated heterocycles. The lowest BCUT2D eigenvalue weighted by Crippen LogP contribution is -2.35. The molecule has 16 heavy (non-hydrogen) atoms. The number of alkyl halides is 2. The number of carbonyl (C=O) groups is 1. The van der Waals surface area contributed by atoms with Gasteiger partial charge in [-0.3, -0.25) is 4.79 Å². The molecule has 0 aromatic rings. The van der Waals surface area contributed by atoms with Crippen molar-refractivity contribution < 1.29 is 13.6 Å². The highest BCUT2D eigenvalue weighted by atomic mass is 35.5. The second-order valence-electron chi connectivity index (χ2n) is 4.06. The molecule has 1 heterocycles. The summed E-state index contributed by atoms with van der Waals surface area (Å²) >= 11 is 0. The van der Waals surface area contributed by atoms with Gasteiger partial charge in [0.1, 0.15) is 0 Å². The van der Waals surface area contributed by atoms with E-state index in [2.05, 4.69) is 5.32 Å². The highest BCUT2D eigenvalue weighted by Crippen LogP contribution is 2.16. The SMILES string of the molecule is CN(CC(F)F)C(=O)CC1CCNCC1.Cl. The minimum absolute atomic E-state index is 0. The van der Waals surface area contributed by atoms with Crippen molar-refractivity contribution in [2.75, 3.05) is 26.7 Å². The minimum Gasteiger partial charge on any atom is -0.340 e. The summed E-state index contributed by atoms with van der Waals surface area (Å²) in [6, 6.07) is 0. The van der Waals surface area contributed by atoms with Crippen LogP contribution >= 0.6 is 12.4 Å². The number of amides is 1. The van der Waals surface area contributed by atoms with Crippen LogP contribution in [0.1, 0.15) is 19.3 Å². The molecule has 1 N–H and O–H groups in total. The van der Waals surface area contributed by atoms with E-state index in [1.54, 1.807) is 0 Å². The molecule has 1 aliphatic heterocycles. The van der Waals surface area contributed by atoms with Crippen molar-refractivity contribution in [3.8, 4) is 0 Å². The second-order valence-corrected chi connectivity index (χ2v) is 4.06. The highest BCUT2D eigenvalue weighted by molar-refractivity contribution is 5.85. The van der Waals surface area contributed by atoms with Gasteiger partial charge < -0.3 is 10.2 Å². The van der Waals surface area contributed by atoms with Gasteiger partial charge in [0, 0.05) is 13.5 Å². The molecule has 0 saturated carbocycles. The Kier molecular flexibility index (Phi) is 7.58. The van der Waals surface area contributed by atoms with Crippen LogP contribution in [0.5, 0.6) is 0 Å². The van der Waals surface area contributed by atoms with Gasteiger partial charge >= 0.3 is 0 Å². The fourth-order valence-corrected chi connectivity index (χ4v) is 1.80. The van der Waals surface area contributed by atoms with Crippen LogP contribution in [0.15, 0.2) is 0 Å². The van der Waals surface area contributed by atoms with Crippen molar-refractivity contribution in [2.24, 2.45) is 5.92 Å². The second kappa shape index (κ2) is 7.79. The van der Waals surface area contributed by atoms with Crippen LogP contribution < -0.4 is 5.32 Å². The van der Waals surface area contributed by atoms with Gasteiger partial charge in [0.15, 0.2) is 0 Å². The molecule has 1 amide bonds. The summed E-state index contributed by atoms with van der Waals surface area (Å²) < 4.78 is 24.0. The molecule has 0 spiro atoms. The topological polar surface area (TPSA) is 32.3 Å². The van der Waals surface area contributed by atoms with Crippen molar-refractivity contribution in [1.29, 1.82) is 0 Å². The van der Waals surface area contributed by atoms with Gasteiger partial charge in [0.05, 0.1) is 6.54 Å². The average molecular weight is 257 g/mol. The van der Waals surface area contributed by atoms with Crippen molar-refractivity contribution >= 4 is 18.3 Å². The predicted octanol–water partition coefficient (Wildman–Crippen LogP) is 1.52. The number of nitrogens with zero attached hydrogens (tertiary/aromatic N) is 1. The summed E-state index contributed by atoms with van der Waals surface area (Å²) in [7, 11) is 1.44. The monoisotopic (exact) mass is 256 g/mol. The Hall–Kier alpha value is -0.420. The van der Waals surface area contributed by atoms with E-state index in [9.17, 15) is 13.6 Å². The lowest BCUT2D eigenvalue weighted by Gasteiger charge is -2.24. The van der Waals surface area contributed by atoms with Crippen LogP contribution in [0.2, 0.25) is 0 Å². The highest BCUT2D eigenvalue weighted by Gasteiger charge is 2.20. The Morgan fingerprint density at radius 1 is 1.44 bits per heavy atom. The van der Waals surface area contributed by atoms with E-state index in [0.29, 0.717) is 12.3 Å². The maximum absolute atomic E-state index is 12.0. The van der Waals surface area contributed by atoms with E-state index < -0.39 is 13.0 Å². The van der Waals surface area contributed by atoms with Crippen LogP contribution in [-0.4, -0.2) is 43.9 Å². The molecule has 0 aromatic heterocycles. The molecule has 0 bridgehead atoms. The molecule has 6 heteroatoms. The Morgan fingerprint density at radius 2 is 2.00 bits per heavy atom. The van der Waals surface area contributed by atoms with E-state index >= 15 is 0 Å². The number of hydrogen-bond acceptors (Lipinski definition) is 2. The third-order valence-electron chi connectivity index (χ3n) is 2.76. The van der Waals surface area contributed by atoms with Gasteiger partial charge in [-0.25, -0.2) is 8.78 Å². The van der Waals surface area contributed by atoms with Gasteiger partial charge in [0.25, 0.3) is 6.43 Å². The molecule has 3 nitrogen and oxygen atoms in total. The zero-order valence-electron chi connectivity index (χ0n) is 9.42. The molecular weight excluding hydrogens is 238 g/mol. The number of piperidine rings is 1. The van der Waals surface area contributed by atoms with E-state index in [4.69, 9.17) is 0 Å². The summed E-state index contributed by atoms with van der Waals surface area (Å²) in [4.78, 5) is 12.7. The maximum Gasteiger partial charge on any atom is 0.255 e. The lowest BCUT2D eigenvalue weighted by atomic mass is 9.94. The molecule has 1 aliphatic rings. The standard InChI is InChI=1S/C10H18F2N2O.ClH/c1-14(7-9(11)12)10(15)6-8-2-4-13-5-3-8;/h8-9,13H,2-7H2,1H3;1H. The molecule has 0 aromatic carbocycles. The molecule has 0 aliphatic carbocycles. The third-order valence-corrected chi connectivity index (χ3v) is 2.76. The fourth-order valence-electron chi connectivity index (χ4n) is 1.80. The summed E-state index contributed by atoms with van der Waals surface area (Å²) in [5.74, 6) is 0.195.